The second-order valence-corrected chi connectivity index (χ2v) is 6.77. The van der Waals surface area contributed by atoms with Gasteiger partial charge in [-0.2, -0.15) is 0 Å². The van der Waals surface area contributed by atoms with Crippen molar-refractivity contribution < 1.29 is 17.5 Å². The van der Waals surface area contributed by atoms with E-state index in [9.17, 15) is 12.8 Å². The maximum absolute atomic E-state index is 13.8. The number of hydrogen-bond donors (Lipinski definition) is 0. The molecule has 1 aromatic carbocycles. The second kappa shape index (κ2) is 4.89. The molecule has 0 aliphatic heterocycles. The summed E-state index contributed by atoms with van der Waals surface area (Å²) in [7, 11) is 2.59. The first-order valence-electron chi connectivity index (χ1n) is 4.20. The van der Waals surface area contributed by atoms with Crippen LogP contribution in [-0.2, 0) is 14.8 Å². The predicted molar refractivity (Wildman–Crippen MR) is 63.9 cm³/mol. The highest BCUT2D eigenvalue weighted by molar-refractivity contribution is 9.10. The first kappa shape index (κ1) is 13.7. The molecule has 3 nitrogen and oxygen atoms in total. The van der Waals surface area contributed by atoms with Gasteiger partial charge in [-0.25, -0.2) is 12.8 Å². The largest absolute Gasteiger partial charge is 0.492 e. The molecular formula is C9H9BrClFO3S. The van der Waals surface area contributed by atoms with Gasteiger partial charge < -0.3 is 4.74 Å². The Morgan fingerprint density at radius 3 is 2.56 bits per heavy atom. The Balaban J connectivity index is 3.37. The van der Waals surface area contributed by atoms with Gasteiger partial charge in [0.2, 0.25) is 9.05 Å². The molecule has 0 heterocycles. The van der Waals surface area contributed by atoms with E-state index < -0.39 is 20.6 Å². The molecule has 0 atom stereocenters. The van der Waals surface area contributed by atoms with Gasteiger partial charge in [-0.15, -0.1) is 0 Å². The van der Waals surface area contributed by atoms with E-state index in [0.29, 0.717) is 10.0 Å². The van der Waals surface area contributed by atoms with Crippen molar-refractivity contribution in [3.05, 3.63) is 27.5 Å². The first-order chi connectivity index (χ1) is 7.26. The molecule has 0 aromatic heterocycles. The molecule has 0 bridgehead atoms. The first-order valence-corrected chi connectivity index (χ1v) is 7.47. The van der Waals surface area contributed by atoms with Crippen molar-refractivity contribution in [3.8, 4) is 5.75 Å². The van der Waals surface area contributed by atoms with Crippen LogP contribution < -0.4 is 4.74 Å². The third kappa shape index (κ3) is 3.09. The molecule has 1 rings (SSSR count). The van der Waals surface area contributed by atoms with E-state index in [1.807, 2.05) is 0 Å². The van der Waals surface area contributed by atoms with Gasteiger partial charge in [-0.3, -0.25) is 0 Å². The molecule has 0 fully saturated rings. The SMILES string of the molecule is COc1c(F)c(CS(=O)(=O)Cl)cc(C)c1Br. The van der Waals surface area contributed by atoms with E-state index in [0.717, 1.165) is 0 Å². The van der Waals surface area contributed by atoms with Crippen LogP contribution in [0.25, 0.3) is 0 Å². The molecule has 1 aromatic rings. The van der Waals surface area contributed by atoms with Crippen LogP contribution in [0.4, 0.5) is 4.39 Å². The zero-order chi connectivity index (χ0) is 12.5. The van der Waals surface area contributed by atoms with Gasteiger partial charge in [0, 0.05) is 16.2 Å². The summed E-state index contributed by atoms with van der Waals surface area (Å²) in [5, 5.41) is 0. The van der Waals surface area contributed by atoms with Gasteiger partial charge in [0.25, 0.3) is 0 Å². The van der Waals surface area contributed by atoms with Gasteiger partial charge in [0.1, 0.15) is 0 Å². The smallest absolute Gasteiger partial charge is 0.236 e. The van der Waals surface area contributed by atoms with Gasteiger partial charge in [-0.1, -0.05) is 6.07 Å². The average molecular weight is 332 g/mol. The fourth-order valence-electron chi connectivity index (χ4n) is 1.28. The number of ether oxygens (including phenoxy) is 1. The fraction of sp³-hybridized carbons (Fsp3) is 0.333. The van der Waals surface area contributed by atoms with Crippen molar-refractivity contribution >= 4 is 35.7 Å². The monoisotopic (exact) mass is 330 g/mol. The highest BCUT2D eigenvalue weighted by Crippen LogP contribution is 2.34. The van der Waals surface area contributed by atoms with Gasteiger partial charge in [-0.05, 0) is 28.4 Å². The number of aryl methyl sites for hydroxylation is 1. The lowest BCUT2D eigenvalue weighted by Gasteiger charge is -2.11. The fourth-order valence-corrected chi connectivity index (χ4v) is 2.66. The molecule has 0 saturated carbocycles. The Morgan fingerprint density at radius 2 is 2.12 bits per heavy atom. The Kier molecular flexibility index (Phi) is 4.20. The highest BCUT2D eigenvalue weighted by Gasteiger charge is 2.19. The summed E-state index contributed by atoms with van der Waals surface area (Å²) in [5.41, 5.74) is 0.668. The molecule has 7 heteroatoms. The highest BCUT2D eigenvalue weighted by atomic mass is 79.9. The number of benzene rings is 1. The van der Waals surface area contributed by atoms with Crippen molar-refractivity contribution in [3.63, 3.8) is 0 Å². The summed E-state index contributed by atoms with van der Waals surface area (Å²) >= 11 is 3.16. The Morgan fingerprint density at radius 1 is 1.56 bits per heavy atom. The topological polar surface area (TPSA) is 43.4 Å². The summed E-state index contributed by atoms with van der Waals surface area (Å²) in [4.78, 5) is 0. The summed E-state index contributed by atoms with van der Waals surface area (Å²) in [6.07, 6.45) is 0. The van der Waals surface area contributed by atoms with E-state index in [1.54, 1.807) is 6.92 Å². The molecule has 0 aliphatic rings. The van der Waals surface area contributed by atoms with Crippen molar-refractivity contribution in [1.29, 1.82) is 0 Å². The van der Waals surface area contributed by atoms with Crippen LogP contribution in [0.2, 0.25) is 0 Å². The van der Waals surface area contributed by atoms with Crippen LogP contribution in [0, 0.1) is 12.7 Å². The van der Waals surface area contributed by atoms with Crippen LogP contribution in [-0.4, -0.2) is 15.5 Å². The standard InChI is InChI=1S/C9H9BrClFO3S/c1-5-3-6(4-16(11,13)14)8(12)9(15-2)7(5)10/h3H,4H2,1-2H3. The minimum Gasteiger partial charge on any atom is -0.492 e. The Labute approximate surface area is 106 Å². The minimum atomic E-state index is -3.79. The maximum Gasteiger partial charge on any atom is 0.236 e. The molecule has 0 spiro atoms. The third-order valence-corrected chi connectivity index (χ3v) is 3.92. The second-order valence-electron chi connectivity index (χ2n) is 3.20. The van der Waals surface area contributed by atoms with E-state index in [4.69, 9.17) is 15.4 Å². The quantitative estimate of drug-likeness (QED) is 0.800. The summed E-state index contributed by atoms with van der Waals surface area (Å²) in [5.74, 6) is -1.30. The zero-order valence-corrected chi connectivity index (χ0v) is 11.7. The van der Waals surface area contributed by atoms with Crippen molar-refractivity contribution in [2.24, 2.45) is 0 Å². The van der Waals surface area contributed by atoms with E-state index >= 15 is 0 Å². The Bertz CT molecular complexity index is 516. The van der Waals surface area contributed by atoms with Crippen LogP contribution in [0.3, 0.4) is 0 Å². The van der Waals surface area contributed by atoms with Crippen molar-refractivity contribution in [1.82, 2.24) is 0 Å². The Hall–Kier alpha value is -0.330. The maximum atomic E-state index is 13.8. The number of halogens is 3. The molecule has 16 heavy (non-hydrogen) atoms. The van der Waals surface area contributed by atoms with Gasteiger partial charge in [0.15, 0.2) is 11.6 Å². The average Bonchev–Trinajstić information content (AvgIpc) is 2.13. The van der Waals surface area contributed by atoms with E-state index in [1.165, 1.54) is 13.2 Å². The summed E-state index contributed by atoms with van der Waals surface area (Å²) in [6.45, 7) is 1.70. The molecular weight excluding hydrogens is 323 g/mol. The predicted octanol–water partition coefficient (Wildman–Crippen LogP) is 2.97. The molecule has 90 valence electrons. The van der Waals surface area contributed by atoms with E-state index in [2.05, 4.69) is 15.9 Å². The molecule has 0 saturated heterocycles. The lowest BCUT2D eigenvalue weighted by atomic mass is 10.1. The van der Waals surface area contributed by atoms with Crippen LogP contribution in [0.15, 0.2) is 10.5 Å². The van der Waals surface area contributed by atoms with Crippen LogP contribution in [0.5, 0.6) is 5.75 Å². The molecule has 0 radical (unpaired) electrons. The molecule has 0 unspecified atom stereocenters. The lowest BCUT2D eigenvalue weighted by molar-refractivity contribution is 0.381. The number of rotatable bonds is 3. The third-order valence-electron chi connectivity index (χ3n) is 1.95. The number of hydrogen-bond acceptors (Lipinski definition) is 3. The normalized spacial score (nSPS) is 11.6. The van der Waals surface area contributed by atoms with Crippen LogP contribution >= 0.6 is 26.6 Å². The lowest BCUT2D eigenvalue weighted by Crippen LogP contribution is -2.02. The summed E-state index contributed by atoms with van der Waals surface area (Å²) < 4.78 is 40.9. The zero-order valence-electron chi connectivity index (χ0n) is 8.55. The molecule has 0 aliphatic carbocycles. The van der Waals surface area contributed by atoms with Gasteiger partial charge >= 0.3 is 0 Å². The molecule has 0 N–H and O–H groups in total. The molecule has 0 amide bonds. The van der Waals surface area contributed by atoms with Crippen molar-refractivity contribution in [2.75, 3.05) is 7.11 Å². The van der Waals surface area contributed by atoms with Crippen molar-refractivity contribution in [2.45, 2.75) is 12.7 Å². The minimum absolute atomic E-state index is 0.00690. The summed E-state index contributed by atoms with van der Waals surface area (Å²) in [6, 6.07) is 1.42. The number of methoxy groups -OCH3 is 1. The van der Waals surface area contributed by atoms with Crippen LogP contribution in [0.1, 0.15) is 11.1 Å². The van der Waals surface area contributed by atoms with E-state index in [-0.39, 0.29) is 11.3 Å². The van der Waals surface area contributed by atoms with Gasteiger partial charge in [0.05, 0.1) is 17.3 Å².